The highest BCUT2D eigenvalue weighted by Crippen LogP contribution is 2.33. The van der Waals surface area contributed by atoms with Gasteiger partial charge in [0.05, 0.1) is 12.1 Å². The lowest BCUT2D eigenvalue weighted by atomic mass is 9.96. The van der Waals surface area contributed by atoms with Crippen molar-refractivity contribution in [2.24, 2.45) is 5.92 Å². The van der Waals surface area contributed by atoms with Crippen molar-refractivity contribution >= 4 is 23.3 Å². The summed E-state index contributed by atoms with van der Waals surface area (Å²) in [5.74, 6) is 0.398. The Labute approximate surface area is 141 Å². The van der Waals surface area contributed by atoms with Crippen molar-refractivity contribution in [3.8, 4) is 0 Å². The van der Waals surface area contributed by atoms with E-state index in [1.165, 1.54) is 0 Å². The lowest BCUT2D eigenvalue weighted by Crippen LogP contribution is -2.29. The van der Waals surface area contributed by atoms with Crippen LogP contribution in [0.5, 0.6) is 0 Å². The molecule has 2 heterocycles. The molecule has 2 atom stereocenters. The van der Waals surface area contributed by atoms with Crippen molar-refractivity contribution in [2.75, 3.05) is 16.8 Å². The summed E-state index contributed by atoms with van der Waals surface area (Å²) in [5, 5.41) is 9.27. The maximum atomic E-state index is 12.5. The van der Waals surface area contributed by atoms with Gasteiger partial charge in [-0.3, -0.25) is 14.7 Å². The summed E-state index contributed by atoms with van der Waals surface area (Å²) >= 11 is 0. The molecule has 2 aromatic rings. The maximum absolute atomic E-state index is 12.5. The molecule has 2 N–H and O–H groups in total. The van der Waals surface area contributed by atoms with E-state index in [2.05, 4.69) is 35.4 Å². The van der Waals surface area contributed by atoms with Crippen LogP contribution in [0.3, 0.4) is 0 Å². The van der Waals surface area contributed by atoms with Crippen molar-refractivity contribution < 1.29 is 9.59 Å². The molecule has 1 aromatic heterocycles. The van der Waals surface area contributed by atoms with Crippen molar-refractivity contribution in [1.29, 1.82) is 0 Å². The van der Waals surface area contributed by atoms with E-state index in [0.29, 0.717) is 18.3 Å². The molecule has 6 heteroatoms. The van der Waals surface area contributed by atoms with Crippen LogP contribution in [-0.2, 0) is 9.59 Å². The third kappa shape index (κ3) is 3.18. The number of nitrogens with one attached hydrogen (secondary N) is 2. The fraction of sp³-hybridized carbons (Fsp3) is 0.389. The Hall–Kier alpha value is -2.63. The first-order valence-corrected chi connectivity index (χ1v) is 8.29. The molecular formula is C18H22N4O2. The van der Waals surface area contributed by atoms with Crippen molar-refractivity contribution in [2.45, 2.75) is 32.6 Å². The summed E-state index contributed by atoms with van der Waals surface area (Å²) in [7, 11) is 0. The Bertz CT molecular complexity index is 726. The maximum Gasteiger partial charge on any atom is 0.230 e. The summed E-state index contributed by atoms with van der Waals surface area (Å²) < 4.78 is 0. The van der Waals surface area contributed by atoms with Gasteiger partial charge in [-0.1, -0.05) is 32.0 Å². The van der Waals surface area contributed by atoms with Crippen molar-refractivity contribution in [3.63, 3.8) is 0 Å². The van der Waals surface area contributed by atoms with Crippen LogP contribution in [0.15, 0.2) is 36.5 Å². The molecule has 1 aromatic carbocycles. The van der Waals surface area contributed by atoms with Gasteiger partial charge in [-0.2, -0.15) is 5.10 Å². The third-order valence-corrected chi connectivity index (χ3v) is 4.63. The number of rotatable bonds is 5. The lowest BCUT2D eigenvalue weighted by molar-refractivity contribution is -0.122. The number of hydrogen-bond donors (Lipinski definition) is 2. The molecule has 1 aliphatic heterocycles. The summed E-state index contributed by atoms with van der Waals surface area (Å²) in [5.41, 5.74) is 2.08. The van der Waals surface area contributed by atoms with Gasteiger partial charge in [0.15, 0.2) is 0 Å². The van der Waals surface area contributed by atoms with E-state index in [1.807, 2.05) is 18.2 Å². The summed E-state index contributed by atoms with van der Waals surface area (Å²) in [4.78, 5) is 26.6. The average molecular weight is 326 g/mol. The number of benzene rings is 1. The highest BCUT2D eigenvalue weighted by molar-refractivity contribution is 6.03. The van der Waals surface area contributed by atoms with Crippen LogP contribution in [-0.4, -0.2) is 28.6 Å². The molecule has 3 rings (SSSR count). The normalized spacial score (nSPS) is 18.7. The van der Waals surface area contributed by atoms with Crippen LogP contribution < -0.4 is 10.2 Å². The fourth-order valence-corrected chi connectivity index (χ4v) is 3.05. The molecule has 1 saturated heterocycles. The average Bonchev–Trinajstić information content (AvgIpc) is 3.23. The van der Waals surface area contributed by atoms with E-state index in [9.17, 15) is 9.59 Å². The van der Waals surface area contributed by atoms with Crippen LogP contribution in [0.4, 0.5) is 11.5 Å². The summed E-state index contributed by atoms with van der Waals surface area (Å²) in [6.45, 7) is 4.70. The number of H-pyrrole nitrogens is 1. The highest BCUT2D eigenvalue weighted by atomic mass is 16.2. The van der Waals surface area contributed by atoms with E-state index in [-0.39, 0.29) is 24.2 Å². The molecule has 2 amide bonds. The SMILES string of the molecule is CC[C@@H](C)c1ccccc1N1C[C@H](C(=O)Nc2ccn[nH]2)CC1=O. The van der Waals surface area contributed by atoms with Crippen LogP contribution in [0.1, 0.15) is 38.2 Å². The molecule has 6 nitrogen and oxygen atoms in total. The van der Waals surface area contributed by atoms with Crippen LogP contribution in [0.25, 0.3) is 0 Å². The van der Waals surface area contributed by atoms with Gasteiger partial charge in [0.2, 0.25) is 11.8 Å². The third-order valence-electron chi connectivity index (χ3n) is 4.63. The molecule has 0 unspecified atom stereocenters. The number of carbonyl (C=O) groups excluding carboxylic acids is 2. The number of nitrogens with zero attached hydrogens (tertiary/aromatic N) is 2. The molecule has 0 spiro atoms. The molecule has 0 saturated carbocycles. The largest absolute Gasteiger partial charge is 0.311 e. The quantitative estimate of drug-likeness (QED) is 0.887. The summed E-state index contributed by atoms with van der Waals surface area (Å²) in [6, 6.07) is 9.65. The van der Waals surface area contributed by atoms with Gasteiger partial charge in [0, 0.05) is 24.7 Å². The highest BCUT2D eigenvalue weighted by Gasteiger charge is 2.36. The van der Waals surface area contributed by atoms with E-state index < -0.39 is 0 Å². The fourth-order valence-electron chi connectivity index (χ4n) is 3.05. The minimum absolute atomic E-state index is 0.00415. The number of aromatic nitrogens is 2. The Morgan fingerprint density at radius 2 is 2.21 bits per heavy atom. The standard InChI is InChI=1S/C18H22N4O2/c1-3-12(2)14-6-4-5-7-15(14)22-11-13(10-17(22)23)18(24)20-16-8-9-19-21-16/h4-9,12-13H,3,10-11H2,1-2H3,(H2,19,20,21,24)/t12-,13-/m1/s1. The smallest absolute Gasteiger partial charge is 0.230 e. The zero-order chi connectivity index (χ0) is 17.1. The molecular weight excluding hydrogens is 304 g/mol. The first-order valence-electron chi connectivity index (χ1n) is 8.29. The van der Waals surface area contributed by atoms with Gasteiger partial charge >= 0.3 is 0 Å². The van der Waals surface area contributed by atoms with Crippen molar-refractivity contribution in [3.05, 3.63) is 42.1 Å². The molecule has 1 fully saturated rings. The zero-order valence-electron chi connectivity index (χ0n) is 14.0. The van der Waals surface area contributed by atoms with Crippen LogP contribution in [0.2, 0.25) is 0 Å². The zero-order valence-corrected chi connectivity index (χ0v) is 14.0. The van der Waals surface area contributed by atoms with Crippen LogP contribution in [0, 0.1) is 5.92 Å². The Kier molecular flexibility index (Phi) is 4.64. The second kappa shape index (κ2) is 6.86. The van der Waals surface area contributed by atoms with E-state index in [4.69, 9.17) is 0 Å². The predicted octanol–water partition coefficient (Wildman–Crippen LogP) is 2.91. The molecule has 0 radical (unpaired) electrons. The molecule has 126 valence electrons. The first kappa shape index (κ1) is 16.2. The molecule has 0 bridgehead atoms. The minimum Gasteiger partial charge on any atom is -0.311 e. The number of hydrogen-bond acceptors (Lipinski definition) is 3. The molecule has 1 aliphatic rings. The number of carbonyl (C=O) groups is 2. The molecule has 24 heavy (non-hydrogen) atoms. The van der Waals surface area contributed by atoms with Gasteiger partial charge in [0.1, 0.15) is 5.82 Å². The van der Waals surface area contributed by atoms with Gasteiger partial charge < -0.3 is 10.2 Å². The first-order chi connectivity index (χ1) is 11.6. The predicted molar refractivity (Wildman–Crippen MR) is 92.8 cm³/mol. The van der Waals surface area contributed by atoms with Gasteiger partial charge in [0.25, 0.3) is 0 Å². The van der Waals surface area contributed by atoms with E-state index in [0.717, 1.165) is 17.7 Å². The Balaban J connectivity index is 1.77. The Morgan fingerprint density at radius 3 is 2.92 bits per heavy atom. The van der Waals surface area contributed by atoms with Gasteiger partial charge in [-0.15, -0.1) is 0 Å². The van der Waals surface area contributed by atoms with Crippen LogP contribution >= 0.6 is 0 Å². The number of anilines is 2. The van der Waals surface area contributed by atoms with Crippen molar-refractivity contribution in [1.82, 2.24) is 10.2 Å². The van der Waals surface area contributed by atoms with E-state index in [1.54, 1.807) is 17.2 Å². The number of para-hydroxylation sites is 1. The topological polar surface area (TPSA) is 78.1 Å². The van der Waals surface area contributed by atoms with Gasteiger partial charge in [-0.05, 0) is 24.0 Å². The second-order valence-electron chi connectivity index (χ2n) is 6.23. The lowest BCUT2D eigenvalue weighted by Gasteiger charge is -2.23. The molecule has 0 aliphatic carbocycles. The van der Waals surface area contributed by atoms with Gasteiger partial charge in [-0.25, -0.2) is 0 Å². The number of amides is 2. The Morgan fingerprint density at radius 1 is 1.42 bits per heavy atom. The number of aromatic amines is 1. The monoisotopic (exact) mass is 326 g/mol. The second-order valence-corrected chi connectivity index (χ2v) is 6.23. The summed E-state index contributed by atoms with van der Waals surface area (Å²) in [6.07, 6.45) is 2.81. The minimum atomic E-state index is -0.356. The van der Waals surface area contributed by atoms with E-state index >= 15 is 0 Å².